The Morgan fingerprint density at radius 3 is 2.80 bits per heavy atom. The number of fused-ring (bicyclic) bond motifs is 1. The standard InChI is InChI=1S/C21H22N6O3/c1-25-19-18(27(21(25)30)12-15-6-4-14(11-22)5-7-15)17(8-9-23-19)26-10-2-3-16(13-26)24-20(28)29/h4-9,16,24H,2-3,10,12-13H2,1H3,(H,28,29)/t16-/m1/s1. The van der Waals surface area contributed by atoms with Crippen molar-refractivity contribution in [1.29, 1.82) is 5.26 Å². The molecular weight excluding hydrogens is 384 g/mol. The van der Waals surface area contributed by atoms with Crippen molar-refractivity contribution in [3.05, 3.63) is 58.1 Å². The Kier molecular flexibility index (Phi) is 5.14. The molecule has 1 atom stereocenters. The number of amides is 1. The summed E-state index contributed by atoms with van der Waals surface area (Å²) in [5.74, 6) is 0. The molecule has 1 amide bonds. The molecule has 0 radical (unpaired) electrons. The highest BCUT2D eigenvalue weighted by Crippen LogP contribution is 2.28. The minimum atomic E-state index is -1.03. The first kappa shape index (κ1) is 19.5. The van der Waals surface area contributed by atoms with Gasteiger partial charge >= 0.3 is 11.8 Å². The van der Waals surface area contributed by atoms with Gasteiger partial charge in [-0.05, 0) is 36.6 Å². The van der Waals surface area contributed by atoms with Crippen LogP contribution in [-0.2, 0) is 13.6 Å². The van der Waals surface area contributed by atoms with Gasteiger partial charge in [-0.25, -0.2) is 14.6 Å². The van der Waals surface area contributed by atoms with E-state index in [0.29, 0.717) is 24.3 Å². The Bertz CT molecular complexity index is 1190. The number of imidazole rings is 1. The van der Waals surface area contributed by atoms with Crippen molar-refractivity contribution >= 4 is 22.9 Å². The maximum absolute atomic E-state index is 13.0. The summed E-state index contributed by atoms with van der Waals surface area (Å²) in [6.45, 7) is 1.66. The van der Waals surface area contributed by atoms with Crippen molar-refractivity contribution in [2.24, 2.45) is 7.05 Å². The van der Waals surface area contributed by atoms with Crippen LogP contribution in [0.15, 0.2) is 41.3 Å². The van der Waals surface area contributed by atoms with Crippen LogP contribution in [0.3, 0.4) is 0 Å². The predicted molar refractivity (Wildman–Crippen MR) is 112 cm³/mol. The van der Waals surface area contributed by atoms with Gasteiger partial charge < -0.3 is 15.3 Å². The first-order chi connectivity index (χ1) is 14.5. The number of piperidine rings is 1. The van der Waals surface area contributed by atoms with Crippen LogP contribution in [0, 0.1) is 11.3 Å². The zero-order valence-corrected chi connectivity index (χ0v) is 16.6. The molecule has 9 nitrogen and oxygen atoms in total. The molecule has 4 rings (SSSR count). The second-order valence-corrected chi connectivity index (χ2v) is 7.47. The van der Waals surface area contributed by atoms with Gasteiger partial charge in [-0.1, -0.05) is 12.1 Å². The van der Waals surface area contributed by atoms with Crippen molar-refractivity contribution in [3.8, 4) is 6.07 Å². The molecule has 0 saturated carbocycles. The van der Waals surface area contributed by atoms with E-state index in [1.165, 1.54) is 4.57 Å². The highest BCUT2D eigenvalue weighted by Gasteiger charge is 2.25. The Balaban J connectivity index is 1.76. The summed E-state index contributed by atoms with van der Waals surface area (Å²) < 4.78 is 3.21. The number of carboxylic acid groups (broad SMARTS) is 1. The van der Waals surface area contributed by atoms with E-state index < -0.39 is 6.09 Å². The van der Waals surface area contributed by atoms with Crippen LogP contribution >= 0.6 is 0 Å². The van der Waals surface area contributed by atoms with Crippen LogP contribution in [-0.4, -0.2) is 44.4 Å². The van der Waals surface area contributed by atoms with Gasteiger partial charge in [0.2, 0.25) is 0 Å². The summed E-state index contributed by atoms with van der Waals surface area (Å²) in [6, 6.07) is 11.0. The van der Waals surface area contributed by atoms with E-state index in [0.717, 1.165) is 36.2 Å². The molecule has 2 N–H and O–H groups in total. The average molecular weight is 406 g/mol. The molecule has 1 aliphatic heterocycles. The van der Waals surface area contributed by atoms with Crippen molar-refractivity contribution in [2.45, 2.75) is 25.4 Å². The van der Waals surface area contributed by atoms with Crippen molar-refractivity contribution in [2.75, 3.05) is 18.0 Å². The van der Waals surface area contributed by atoms with Gasteiger partial charge in [0.1, 0.15) is 5.52 Å². The first-order valence-electron chi connectivity index (χ1n) is 9.75. The third-order valence-electron chi connectivity index (χ3n) is 5.50. The maximum atomic E-state index is 13.0. The van der Waals surface area contributed by atoms with Crippen molar-refractivity contribution in [1.82, 2.24) is 19.4 Å². The molecular formula is C21H22N6O3. The van der Waals surface area contributed by atoms with Crippen LogP contribution in [0.2, 0.25) is 0 Å². The van der Waals surface area contributed by atoms with Gasteiger partial charge in [0.25, 0.3) is 0 Å². The van der Waals surface area contributed by atoms with Crippen LogP contribution < -0.4 is 15.9 Å². The summed E-state index contributed by atoms with van der Waals surface area (Å²) in [5.41, 5.74) is 3.47. The topological polar surface area (TPSA) is 116 Å². The molecule has 2 aromatic heterocycles. The molecule has 0 aliphatic carbocycles. The molecule has 0 bridgehead atoms. The normalized spacial score (nSPS) is 16.4. The third-order valence-corrected chi connectivity index (χ3v) is 5.50. The van der Waals surface area contributed by atoms with E-state index in [-0.39, 0.29) is 11.7 Å². The summed E-state index contributed by atoms with van der Waals surface area (Å²) in [5, 5.41) is 20.6. The van der Waals surface area contributed by atoms with Crippen LogP contribution in [0.4, 0.5) is 10.5 Å². The number of nitrogens with one attached hydrogen (secondary N) is 1. The van der Waals surface area contributed by atoms with E-state index in [2.05, 4.69) is 21.3 Å². The molecule has 1 aliphatic rings. The molecule has 3 aromatic rings. The van der Waals surface area contributed by atoms with E-state index in [1.807, 2.05) is 18.2 Å². The zero-order chi connectivity index (χ0) is 21.3. The fourth-order valence-corrected chi connectivity index (χ4v) is 4.06. The van der Waals surface area contributed by atoms with Crippen LogP contribution in [0.1, 0.15) is 24.0 Å². The van der Waals surface area contributed by atoms with E-state index in [9.17, 15) is 9.59 Å². The Labute approximate surface area is 172 Å². The number of nitrogens with zero attached hydrogens (tertiary/aromatic N) is 5. The summed E-state index contributed by atoms with van der Waals surface area (Å²) in [4.78, 5) is 30.6. The van der Waals surface area contributed by atoms with Gasteiger partial charge in [-0.3, -0.25) is 9.13 Å². The van der Waals surface area contributed by atoms with Gasteiger partial charge in [0.05, 0.1) is 23.9 Å². The Hall–Kier alpha value is -3.80. The van der Waals surface area contributed by atoms with Crippen LogP contribution in [0.25, 0.3) is 11.2 Å². The molecule has 154 valence electrons. The van der Waals surface area contributed by atoms with Gasteiger partial charge in [-0.15, -0.1) is 0 Å². The SMILES string of the molecule is Cn1c(=O)n(Cc2ccc(C#N)cc2)c2c(N3CCC[C@@H](NC(=O)O)C3)ccnc21. The Morgan fingerprint density at radius 1 is 1.33 bits per heavy atom. The first-order valence-corrected chi connectivity index (χ1v) is 9.75. The minimum Gasteiger partial charge on any atom is -0.465 e. The smallest absolute Gasteiger partial charge is 0.404 e. The molecule has 1 aromatic carbocycles. The number of carbonyl (C=O) groups is 1. The van der Waals surface area contributed by atoms with E-state index in [4.69, 9.17) is 10.4 Å². The summed E-state index contributed by atoms with van der Waals surface area (Å²) >= 11 is 0. The lowest BCUT2D eigenvalue weighted by Gasteiger charge is -2.34. The lowest BCUT2D eigenvalue weighted by molar-refractivity contribution is 0.188. The number of nitriles is 1. The van der Waals surface area contributed by atoms with Crippen molar-refractivity contribution < 1.29 is 9.90 Å². The number of aromatic nitrogens is 3. The van der Waals surface area contributed by atoms with Gasteiger partial charge in [0, 0.05) is 32.4 Å². The average Bonchev–Trinajstić information content (AvgIpc) is 2.99. The number of aryl methyl sites for hydroxylation is 1. The number of rotatable bonds is 4. The number of pyridine rings is 1. The van der Waals surface area contributed by atoms with E-state index >= 15 is 0 Å². The van der Waals surface area contributed by atoms with Crippen LogP contribution in [0.5, 0.6) is 0 Å². The van der Waals surface area contributed by atoms with Gasteiger partial charge in [-0.2, -0.15) is 5.26 Å². The highest BCUT2D eigenvalue weighted by atomic mass is 16.4. The van der Waals surface area contributed by atoms with Gasteiger partial charge in [0.15, 0.2) is 5.65 Å². The monoisotopic (exact) mass is 406 g/mol. The summed E-state index contributed by atoms with van der Waals surface area (Å²) in [6.07, 6.45) is 2.28. The van der Waals surface area contributed by atoms with E-state index in [1.54, 1.807) is 29.9 Å². The second-order valence-electron chi connectivity index (χ2n) is 7.47. The zero-order valence-electron chi connectivity index (χ0n) is 16.6. The molecule has 0 spiro atoms. The molecule has 9 heteroatoms. The number of anilines is 1. The Morgan fingerprint density at radius 2 is 2.10 bits per heavy atom. The third kappa shape index (κ3) is 3.59. The lowest BCUT2D eigenvalue weighted by Crippen LogP contribution is -2.47. The number of hydrogen-bond donors (Lipinski definition) is 2. The quantitative estimate of drug-likeness (QED) is 0.684. The number of benzene rings is 1. The lowest BCUT2D eigenvalue weighted by atomic mass is 10.1. The largest absolute Gasteiger partial charge is 0.465 e. The second kappa shape index (κ2) is 7.91. The fourth-order valence-electron chi connectivity index (χ4n) is 4.06. The molecule has 30 heavy (non-hydrogen) atoms. The maximum Gasteiger partial charge on any atom is 0.404 e. The number of hydrogen-bond acceptors (Lipinski definition) is 5. The fraction of sp³-hybridized carbons (Fsp3) is 0.333. The molecule has 0 unspecified atom stereocenters. The summed E-state index contributed by atoms with van der Waals surface area (Å²) in [7, 11) is 1.70. The molecule has 1 saturated heterocycles. The predicted octanol–water partition coefficient (Wildman–Crippen LogP) is 1.89. The minimum absolute atomic E-state index is 0.165. The van der Waals surface area contributed by atoms with Crippen molar-refractivity contribution in [3.63, 3.8) is 0 Å². The molecule has 1 fully saturated rings. The highest BCUT2D eigenvalue weighted by molar-refractivity contribution is 5.87. The molecule has 3 heterocycles.